The Hall–Kier alpha value is -5.27. The van der Waals surface area contributed by atoms with Crippen LogP contribution in [0.15, 0.2) is 121 Å². The molecule has 2 heterocycles. The molecule has 37 heavy (non-hydrogen) atoms. The largest absolute Gasteiger partial charge is 0.276 e. The van der Waals surface area contributed by atoms with Crippen molar-refractivity contribution < 1.29 is 0 Å². The van der Waals surface area contributed by atoms with Crippen molar-refractivity contribution in [1.29, 1.82) is 5.26 Å². The highest BCUT2D eigenvalue weighted by atomic mass is 15.1. The van der Waals surface area contributed by atoms with Gasteiger partial charge in [0.1, 0.15) is 0 Å². The van der Waals surface area contributed by atoms with E-state index in [9.17, 15) is 5.26 Å². The first-order chi connectivity index (χ1) is 18.3. The minimum atomic E-state index is 0.664. The zero-order valence-corrected chi connectivity index (χ0v) is 19.8. The van der Waals surface area contributed by atoms with Crippen LogP contribution in [0.3, 0.4) is 0 Å². The van der Waals surface area contributed by atoms with Crippen molar-refractivity contribution in [3.63, 3.8) is 0 Å². The molecule has 0 aliphatic carbocycles. The summed E-state index contributed by atoms with van der Waals surface area (Å²) < 4.78 is 2.14. The van der Waals surface area contributed by atoms with Gasteiger partial charge in [-0.2, -0.15) is 5.26 Å². The van der Waals surface area contributed by atoms with Gasteiger partial charge in [0.2, 0.25) is 5.78 Å². The van der Waals surface area contributed by atoms with Crippen LogP contribution < -0.4 is 0 Å². The maximum absolute atomic E-state index is 9.57. The number of hydrogen-bond acceptors (Lipinski definition) is 3. The Morgan fingerprint density at radius 2 is 1.30 bits per heavy atom. The molecule has 7 rings (SSSR count). The molecule has 4 nitrogen and oxygen atoms in total. The van der Waals surface area contributed by atoms with Crippen molar-refractivity contribution in [3.8, 4) is 39.7 Å². The fraction of sp³-hybridized carbons (Fsp3) is 0. The number of nitrogens with zero attached hydrogens (tertiary/aromatic N) is 4. The lowest BCUT2D eigenvalue weighted by molar-refractivity contribution is 1.14. The van der Waals surface area contributed by atoms with Crippen LogP contribution in [-0.2, 0) is 0 Å². The van der Waals surface area contributed by atoms with E-state index < -0.39 is 0 Å². The number of aromatic nitrogens is 3. The molecule has 172 valence electrons. The van der Waals surface area contributed by atoms with E-state index in [-0.39, 0.29) is 0 Å². The summed E-state index contributed by atoms with van der Waals surface area (Å²) in [6.07, 6.45) is 0. The van der Waals surface area contributed by atoms with Crippen LogP contribution in [0, 0.1) is 11.3 Å². The molecule has 0 spiro atoms. The smallest absolute Gasteiger partial charge is 0.235 e. The monoisotopic (exact) mass is 472 g/mol. The van der Waals surface area contributed by atoms with Gasteiger partial charge in [-0.15, -0.1) is 0 Å². The van der Waals surface area contributed by atoms with E-state index >= 15 is 0 Å². The van der Waals surface area contributed by atoms with Gasteiger partial charge in [-0.1, -0.05) is 97.1 Å². The van der Waals surface area contributed by atoms with Crippen LogP contribution in [0.25, 0.3) is 61.2 Å². The predicted molar refractivity (Wildman–Crippen MR) is 149 cm³/mol. The molecule has 2 aromatic heterocycles. The van der Waals surface area contributed by atoms with Crippen molar-refractivity contribution in [2.45, 2.75) is 0 Å². The van der Waals surface area contributed by atoms with Gasteiger partial charge < -0.3 is 0 Å². The van der Waals surface area contributed by atoms with Crippen LogP contribution in [0.2, 0.25) is 0 Å². The molecule has 0 bridgehead atoms. The number of fused-ring (bicyclic) bond motifs is 4. The Labute approximate surface area is 213 Å². The summed E-state index contributed by atoms with van der Waals surface area (Å²) in [6, 6.07) is 43.4. The highest BCUT2D eigenvalue weighted by Gasteiger charge is 2.16. The Balaban J connectivity index is 1.49. The van der Waals surface area contributed by atoms with Crippen molar-refractivity contribution in [2.24, 2.45) is 0 Å². The van der Waals surface area contributed by atoms with Crippen molar-refractivity contribution in [2.75, 3.05) is 0 Å². The third-order valence-electron chi connectivity index (χ3n) is 6.87. The Bertz CT molecular complexity index is 1980. The van der Waals surface area contributed by atoms with E-state index in [1.54, 1.807) is 0 Å². The van der Waals surface area contributed by atoms with E-state index in [0.29, 0.717) is 11.3 Å². The SMILES string of the molecule is N#Cc1ccc(-c2ccc3c(c2)nc2nc(-c4ccccc4)cc(-c4ccccc4)n23)c2ccccc12. The van der Waals surface area contributed by atoms with Crippen LogP contribution in [0.4, 0.5) is 0 Å². The van der Waals surface area contributed by atoms with Gasteiger partial charge in [0.15, 0.2) is 0 Å². The Kier molecular flexibility index (Phi) is 4.80. The highest BCUT2D eigenvalue weighted by Crippen LogP contribution is 2.34. The summed E-state index contributed by atoms with van der Waals surface area (Å²) in [5, 5.41) is 11.6. The van der Waals surface area contributed by atoms with Crippen molar-refractivity contribution in [3.05, 3.63) is 127 Å². The number of hydrogen-bond donors (Lipinski definition) is 0. The van der Waals surface area contributed by atoms with Crippen molar-refractivity contribution in [1.82, 2.24) is 14.4 Å². The maximum atomic E-state index is 9.57. The number of benzene rings is 5. The van der Waals surface area contributed by atoms with Crippen molar-refractivity contribution >= 4 is 27.6 Å². The second-order valence-electron chi connectivity index (χ2n) is 9.03. The van der Waals surface area contributed by atoms with Gasteiger partial charge in [0.25, 0.3) is 0 Å². The van der Waals surface area contributed by atoms with Gasteiger partial charge >= 0.3 is 0 Å². The topological polar surface area (TPSA) is 54.0 Å². The van der Waals surface area contributed by atoms with Crippen LogP contribution in [0.1, 0.15) is 5.56 Å². The standard InChI is InChI=1S/C33H20N4/c34-21-25-15-17-27(28-14-8-7-13-26(25)28)24-16-18-31-30(19-24)36-33-35-29(22-9-3-1-4-10-22)20-32(37(31)33)23-11-5-2-6-12-23/h1-20H. The Morgan fingerprint density at radius 3 is 2.05 bits per heavy atom. The number of rotatable bonds is 3. The van der Waals surface area contributed by atoms with Gasteiger partial charge in [-0.3, -0.25) is 4.40 Å². The lowest BCUT2D eigenvalue weighted by atomic mass is 9.95. The van der Waals surface area contributed by atoms with E-state index in [0.717, 1.165) is 55.4 Å². The quantitative estimate of drug-likeness (QED) is 0.263. The summed E-state index contributed by atoms with van der Waals surface area (Å²) in [5.41, 5.74) is 8.79. The third kappa shape index (κ3) is 3.45. The Morgan fingerprint density at radius 1 is 0.595 bits per heavy atom. The summed E-state index contributed by atoms with van der Waals surface area (Å²) >= 11 is 0. The lowest BCUT2D eigenvalue weighted by Crippen LogP contribution is -1.97. The first-order valence-corrected chi connectivity index (χ1v) is 12.2. The maximum Gasteiger partial charge on any atom is 0.235 e. The molecule has 0 fully saturated rings. The molecule has 0 atom stereocenters. The van der Waals surface area contributed by atoms with Crippen LogP contribution in [-0.4, -0.2) is 14.4 Å². The van der Waals surface area contributed by atoms with Gasteiger partial charge in [-0.25, -0.2) is 9.97 Å². The second-order valence-corrected chi connectivity index (χ2v) is 9.03. The summed E-state index contributed by atoms with van der Waals surface area (Å²) in [5.74, 6) is 0.664. The first kappa shape index (κ1) is 21.0. The molecular weight excluding hydrogens is 452 g/mol. The minimum absolute atomic E-state index is 0.664. The molecule has 4 heteroatoms. The molecule has 0 unspecified atom stereocenters. The van der Waals surface area contributed by atoms with Crippen LogP contribution >= 0.6 is 0 Å². The van der Waals surface area contributed by atoms with Gasteiger partial charge in [0.05, 0.1) is 34.1 Å². The normalized spacial score (nSPS) is 11.2. The summed E-state index contributed by atoms with van der Waals surface area (Å²) in [4.78, 5) is 9.95. The predicted octanol–water partition coefficient (Wildman–Crippen LogP) is 7.91. The van der Waals surface area contributed by atoms with Crippen LogP contribution in [0.5, 0.6) is 0 Å². The van der Waals surface area contributed by atoms with Gasteiger partial charge in [0, 0.05) is 10.9 Å². The molecule has 0 aliphatic rings. The molecule has 0 N–H and O–H groups in total. The highest BCUT2D eigenvalue weighted by molar-refractivity contribution is 6.01. The number of imidazole rings is 1. The molecule has 0 saturated carbocycles. The van der Waals surface area contributed by atoms with E-state index in [1.165, 1.54) is 0 Å². The van der Waals surface area contributed by atoms with E-state index in [1.807, 2.05) is 54.6 Å². The lowest BCUT2D eigenvalue weighted by Gasteiger charge is -2.10. The van der Waals surface area contributed by atoms with Gasteiger partial charge in [-0.05, 0) is 46.3 Å². The molecular formula is C33H20N4. The zero-order valence-electron chi connectivity index (χ0n) is 19.8. The average molecular weight is 473 g/mol. The summed E-state index contributed by atoms with van der Waals surface area (Å²) in [7, 11) is 0. The fourth-order valence-corrected chi connectivity index (χ4v) is 5.11. The molecule has 0 amide bonds. The summed E-state index contributed by atoms with van der Waals surface area (Å²) in [6.45, 7) is 0. The molecule has 5 aromatic carbocycles. The molecule has 0 aliphatic heterocycles. The number of nitriles is 1. The molecule has 0 radical (unpaired) electrons. The minimum Gasteiger partial charge on any atom is -0.276 e. The third-order valence-corrected chi connectivity index (χ3v) is 6.87. The first-order valence-electron chi connectivity index (χ1n) is 12.2. The average Bonchev–Trinajstić information content (AvgIpc) is 3.35. The zero-order chi connectivity index (χ0) is 24.8. The molecule has 0 saturated heterocycles. The fourth-order valence-electron chi connectivity index (χ4n) is 5.11. The van der Waals surface area contributed by atoms with E-state index in [2.05, 4.69) is 77.2 Å². The van der Waals surface area contributed by atoms with E-state index in [4.69, 9.17) is 9.97 Å². The second kappa shape index (κ2) is 8.44. The molecule has 7 aromatic rings.